The zero-order valence-corrected chi connectivity index (χ0v) is 10.2. The van der Waals surface area contributed by atoms with E-state index in [1.165, 1.54) is 12.8 Å². The summed E-state index contributed by atoms with van der Waals surface area (Å²) >= 11 is 4.32. The molecule has 1 spiro atoms. The van der Waals surface area contributed by atoms with Crippen LogP contribution in [-0.4, -0.2) is 35.7 Å². The average Bonchev–Trinajstić information content (AvgIpc) is 2.58. The predicted octanol–water partition coefficient (Wildman–Crippen LogP) is 0.892. The van der Waals surface area contributed by atoms with Gasteiger partial charge in [-0.05, 0) is 43.3 Å². The van der Waals surface area contributed by atoms with Crippen molar-refractivity contribution in [1.29, 1.82) is 0 Å². The van der Waals surface area contributed by atoms with Crippen molar-refractivity contribution in [3.8, 4) is 0 Å². The molecule has 1 aliphatic carbocycles. The summed E-state index contributed by atoms with van der Waals surface area (Å²) in [4.78, 5) is 13.7. The van der Waals surface area contributed by atoms with Gasteiger partial charge in [-0.3, -0.25) is 4.79 Å². The lowest BCUT2D eigenvalue weighted by Gasteiger charge is -2.44. The minimum absolute atomic E-state index is 0.112. The standard InChI is InChI=1S/C11H20N2OS/c1-8(12)10(14)13-3-2-11(7-13)4-9(5-11)6-15/h8-9,15H,2-7,12H2,1H3/t8-,9?,11?/m1/s1. The van der Waals surface area contributed by atoms with Crippen molar-refractivity contribution in [2.24, 2.45) is 17.1 Å². The normalized spacial score (nSPS) is 36.7. The van der Waals surface area contributed by atoms with E-state index in [9.17, 15) is 4.79 Å². The van der Waals surface area contributed by atoms with Gasteiger partial charge in [0.05, 0.1) is 6.04 Å². The van der Waals surface area contributed by atoms with Gasteiger partial charge in [-0.25, -0.2) is 0 Å². The number of amides is 1. The maximum absolute atomic E-state index is 11.7. The minimum Gasteiger partial charge on any atom is -0.341 e. The topological polar surface area (TPSA) is 46.3 Å². The monoisotopic (exact) mass is 228 g/mol. The maximum Gasteiger partial charge on any atom is 0.239 e. The fourth-order valence-corrected chi connectivity index (χ4v) is 3.30. The molecule has 0 aromatic rings. The molecular formula is C11H20N2OS. The molecule has 3 nitrogen and oxygen atoms in total. The molecule has 1 aliphatic heterocycles. The zero-order valence-electron chi connectivity index (χ0n) is 9.28. The summed E-state index contributed by atoms with van der Waals surface area (Å²) < 4.78 is 0. The lowest BCUT2D eigenvalue weighted by molar-refractivity contribution is -0.132. The van der Waals surface area contributed by atoms with E-state index in [4.69, 9.17) is 5.73 Å². The molecule has 15 heavy (non-hydrogen) atoms. The van der Waals surface area contributed by atoms with Crippen molar-refractivity contribution >= 4 is 18.5 Å². The Kier molecular flexibility index (Phi) is 2.99. The molecule has 2 rings (SSSR count). The molecule has 1 heterocycles. The summed E-state index contributed by atoms with van der Waals surface area (Å²) in [7, 11) is 0. The fourth-order valence-electron chi connectivity index (χ4n) is 3.04. The van der Waals surface area contributed by atoms with Gasteiger partial charge in [-0.2, -0.15) is 12.6 Å². The molecule has 1 amide bonds. The third kappa shape index (κ3) is 2.02. The maximum atomic E-state index is 11.7. The number of thiol groups is 1. The van der Waals surface area contributed by atoms with Gasteiger partial charge in [0.25, 0.3) is 0 Å². The second-order valence-corrected chi connectivity index (χ2v) is 5.62. The number of likely N-dealkylation sites (tertiary alicyclic amines) is 1. The van der Waals surface area contributed by atoms with Gasteiger partial charge in [0, 0.05) is 13.1 Å². The summed E-state index contributed by atoms with van der Waals surface area (Å²) in [5.41, 5.74) is 6.04. The SMILES string of the molecule is C[C@@H](N)C(=O)N1CCC2(CC(CS)C2)C1. The Balaban J connectivity index is 1.88. The Labute approximate surface area is 96.8 Å². The third-order valence-electron chi connectivity index (χ3n) is 3.84. The van der Waals surface area contributed by atoms with Crippen LogP contribution in [0.25, 0.3) is 0 Å². The van der Waals surface area contributed by atoms with Gasteiger partial charge in [-0.15, -0.1) is 0 Å². The van der Waals surface area contributed by atoms with Crippen molar-refractivity contribution in [3.05, 3.63) is 0 Å². The molecule has 1 saturated carbocycles. The highest BCUT2D eigenvalue weighted by Crippen LogP contribution is 2.51. The summed E-state index contributed by atoms with van der Waals surface area (Å²) in [6, 6.07) is -0.346. The first-order chi connectivity index (χ1) is 7.06. The molecule has 1 saturated heterocycles. The van der Waals surface area contributed by atoms with E-state index in [2.05, 4.69) is 12.6 Å². The molecule has 0 unspecified atom stereocenters. The molecule has 4 heteroatoms. The summed E-state index contributed by atoms with van der Waals surface area (Å²) in [5.74, 6) is 1.88. The van der Waals surface area contributed by atoms with E-state index < -0.39 is 0 Å². The Morgan fingerprint density at radius 3 is 2.87 bits per heavy atom. The lowest BCUT2D eigenvalue weighted by atomic mass is 9.62. The fraction of sp³-hybridized carbons (Fsp3) is 0.909. The van der Waals surface area contributed by atoms with Crippen LogP contribution in [0, 0.1) is 11.3 Å². The number of hydrogen-bond donors (Lipinski definition) is 2. The van der Waals surface area contributed by atoms with E-state index in [0.717, 1.165) is 31.2 Å². The summed E-state index contributed by atoms with van der Waals surface area (Å²) in [5, 5.41) is 0. The van der Waals surface area contributed by atoms with Crippen LogP contribution in [0.4, 0.5) is 0 Å². The highest BCUT2D eigenvalue weighted by Gasteiger charge is 2.48. The van der Waals surface area contributed by atoms with Crippen LogP contribution in [0.5, 0.6) is 0 Å². The van der Waals surface area contributed by atoms with Crippen molar-refractivity contribution in [3.63, 3.8) is 0 Å². The van der Waals surface area contributed by atoms with E-state index in [1.807, 2.05) is 4.90 Å². The van der Waals surface area contributed by atoms with Gasteiger partial charge in [0.1, 0.15) is 0 Å². The van der Waals surface area contributed by atoms with Crippen molar-refractivity contribution in [1.82, 2.24) is 4.90 Å². The highest BCUT2D eigenvalue weighted by atomic mass is 32.1. The number of hydrogen-bond acceptors (Lipinski definition) is 3. The molecule has 1 atom stereocenters. The number of carbonyl (C=O) groups is 1. The number of nitrogens with zero attached hydrogens (tertiary/aromatic N) is 1. The van der Waals surface area contributed by atoms with E-state index >= 15 is 0 Å². The van der Waals surface area contributed by atoms with Gasteiger partial charge in [0.15, 0.2) is 0 Å². The van der Waals surface area contributed by atoms with Gasteiger partial charge in [0.2, 0.25) is 5.91 Å². The van der Waals surface area contributed by atoms with Crippen LogP contribution < -0.4 is 5.73 Å². The molecular weight excluding hydrogens is 208 g/mol. The second-order valence-electron chi connectivity index (χ2n) is 5.26. The predicted molar refractivity (Wildman–Crippen MR) is 63.9 cm³/mol. The van der Waals surface area contributed by atoms with Crippen molar-refractivity contribution in [2.45, 2.75) is 32.2 Å². The highest BCUT2D eigenvalue weighted by molar-refractivity contribution is 7.80. The van der Waals surface area contributed by atoms with E-state index in [1.54, 1.807) is 6.92 Å². The molecule has 0 bridgehead atoms. The zero-order chi connectivity index (χ0) is 11.1. The van der Waals surface area contributed by atoms with Gasteiger partial charge >= 0.3 is 0 Å². The number of rotatable bonds is 2. The Bertz CT molecular complexity index is 261. The number of carbonyl (C=O) groups excluding carboxylic acids is 1. The molecule has 2 aliphatic rings. The minimum atomic E-state index is -0.346. The Hall–Kier alpha value is -0.220. The number of nitrogens with two attached hydrogens (primary N) is 1. The van der Waals surface area contributed by atoms with Crippen LogP contribution in [0.2, 0.25) is 0 Å². The first-order valence-corrected chi connectivity index (χ1v) is 6.35. The smallest absolute Gasteiger partial charge is 0.239 e. The largest absolute Gasteiger partial charge is 0.341 e. The van der Waals surface area contributed by atoms with Crippen molar-refractivity contribution in [2.75, 3.05) is 18.8 Å². The first kappa shape index (κ1) is 11.3. The van der Waals surface area contributed by atoms with E-state index in [0.29, 0.717) is 5.41 Å². The third-order valence-corrected chi connectivity index (χ3v) is 4.36. The molecule has 2 N–H and O–H groups in total. The Morgan fingerprint density at radius 2 is 2.33 bits per heavy atom. The molecule has 86 valence electrons. The lowest BCUT2D eigenvalue weighted by Crippen LogP contribution is -2.45. The Morgan fingerprint density at radius 1 is 1.67 bits per heavy atom. The van der Waals surface area contributed by atoms with Gasteiger partial charge in [-0.1, -0.05) is 0 Å². The van der Waals surface area contributed by atoms with Crippen LogP contribution in [0.1, 0.15) is 26.2 Å². The second kappa shape index (κ2) is 3.98. The van der Waals surface area contributed by atoms with E-state index in [-0.39, 0.29) is 11.9 Å². The molecule has 0 aromatic heterocycles. The van der Waals surface area contributed by atoms with Crippen molar-refractivity contribution < 1.29 is 4.79 Å². The van der Waals surface area contributed by atoms with Crippen LogP contribution in [0.3, 0.4) is 0 Å². The summed E-state index contributed by atoms with van der Waals surface area (Å²) in [6.45, 7) is 3.60. The molecule has 0 aromatic carbocycles. The van der Waals surface area contributed by atoms with Crippen LogP contribution in [0.15, 0.2) is 0 Å². The molecule has 0 radical (unpaired) electrons. The van der Waals surface area contributed by atoms with Gasteiger partial charge < -0.3 is 10.6 Å². The quantitative estimate of drug-likeness (QED) is 0.690. The van der Waals surface area contributed by atoms with Crippen LogP contribution >= 0.6 is 12.6 Å². The van der Waals surface area contributed by atoms with Crippen LogP contribution in [-0.2, 0) is 4.79 Å². The average molecular weight is 228 g/mol. The first-order valence-electron chi connectivity index (χ1n) is 5.71. The summed E-state index contributed by atoms with van der Waals surface area (Å²) in [6.07, 6.45) is 3.66. The molecule has 2 fully saturated rings.